The molecule has 0 aromatic heterocycles. The molecule has 1 atom stereocenters. The predicted molar refractivity (Wildman–Crippen MR) is 335 cm³/mol. The van der Waals surface area contributed by atoms with Gasteiger partial charge in [-0.05, 0) is 83.5 Å². The van der Waals surface area contributed by atoms with Gasteiger partial charge in [0.15, 0.2) is 6.10 Å². The summed E-state index contributed by atoms with van der Waals surface area (Å²) in [6.07, 6.45) is 83.0. The van der Waals surface area contributed by atoms with Crippen molar-refractivity contribution in [3.63, 3.8) is 0 Å². The number of hydrogen-bond acceptors (Lipinski definition) is 6. The Bertz CT molecular complexity index is 1330. The molecular formula is C71H130O6. The van der Waals surface area contributed by atoms with E-state index >= 15 is 0 Å². The zero-order valence-electron chi connectivity index (χ0n) is 51.7. The van der Waals surface area contributed by atoms with E-state index in [-0.39, 0.29) is 31.1 Å². The van der Waals surface area contributed by atoms with Gasteiger partial charge >= 0.3 is 17.9 Å². The van der Waals surface area contributed by atoms with E-state index in [4.69, 9.17) is 14.2 Å². The molecule has 0 radical (unpaired) electrons. The minimum absolute atomic E-state index is 0.0701. The fraction of sp³-hybridized carbons (Fsp3) is 0.845. The maximum atomic E-state index is 12.9. The fourth-order valence-electron chi connectivity index (χ4n) is 10.2. The summed E-state index contributed by atoms with van der Waals surface area (Å²) < 4.78 is 16.9. The van der Waals surface area contributed by atoms with Crippen LogP contribution in [0.1, 0.15) is 367 Å². The van der Waals surface area contributed by atoms with Crippen LogP contribution in [0.15, 0.2) is 48.6 Å². The second kappa shape index (κ2) is 65.9. The van der Waals surface area contributed by atoms with E-state index in [9.17, 15) is 14.4 Å². The fourth-order valence-corrected chi connectivity index (χ4v) is 10.2. The summed E-state index contributed by atoms with van der Waals surface area (Å²) in [6.45, 7) is 6.64. The van der Waals surface area contributed by atoms with Crippen LogP contribution in [0, 0.1) is 0 Å². The third-order valence-electron chi connectivity index (χ3n) is 15.3. The molecule has 0 aliphatic heterocycles. The van der Waals surface area contributed by atoms with Crippen LogP contribution < -0.4 is 0 Å². The van der Waals surface area contributed by atoms with E-state index in [1.807, 2.05) is 0 Å². The molecule has 0 saturated heterocycles. The highest BCUT2D eigenvalue weighted by Crippen LogP contribution is 2.18. The molecule has 6 heteroatoms. The molecule has 1 unspecified atom stereocenters. The van der Waals surface area contributed by atoms with Gasteiger partial charge in [0.05, 0.1) is 0 Å². The monoisotopic (exact) mass is 1080 g/mol. The third kappa shape index (κ3) is 64.1. The molecule has 450 valence electrons. The van der Waals surface area contributed by atoms with Crippen molar-refractivity contribution in [1.82, 2.24) is 0 Å². The van der Waals surface area contributed by atoms with E-state index in [1.54, 1.807) is 0 Å². The highest BCUT2D eigenvalue weighted by molar-refractivity contribution is 5.71. The minimum atomic E-state index is -0.770. The van der Waals surface area contributed by atoms with Gasteiger partial charge in [-0.2, -0.15) is 0 Å². The van der Waals surface area contributed by atoms with Crippen molar-refractivity contribution in [2.45, 2.75) is 374 Å². The Kier molecular flexibility index (Phi) is 63.6. The number of ether oxygens (including phenoxy) is 3. The van der Waals surface area contributed by atoms with Crippen molar-refractivity contribution >= 4 is 17.9 Å². The van der Waals surface area contributed by atoms with Crippen LogP contribution in [0.5, 0.6) is 0 Å². The second-order valence-corrected chi connectivity index (χ2v) is 23.1. The SMILES string of the molecule is CCCCCCC/C=C\C/C=C\C/C=C\CCCCCCCCCCCCCCC(=O)OCC(COC(=O)CCCCCCCCC)OC(=O)CCCCCCCCCCCCCCC/C=C\CCCCCCCCCC. The number of unbranched alkanes of at least 4 members (excludes halogenated alkanes) is 44. The standard InChI is InChI=1S/C71H130O6/c1-4-7-10-13-16-18-20-22-24-26-28-30-32-34-35-37-38-40-42-44-46-48-50-52-55-58-61-64-70(73)76-67-68(66-75-69(72)63-60-57-54-15-12-9-6-3)77-71(74)65-62-59-56-53-51-49-47-45-43-41-39-36-33-31-29-27-25-23-21-19-17-14-11-8-5-2/h20,22,26-29,32,34,68H,4-19,21,23-25,30-31,33,35-67H2,1-3H3/b22-20-,28-26-,29-27-,34-32-. The topological polar surface area (TPSA) is 78.9 Å². The van der Waals surface area contributed by atoms with Crippen LogP contribution in [-0.2, 0) is 28.6 Å². The van der Waals surface area contributed by atoms with Crippen LogP contribution in [0.25, 0.3) is 0 Å². The number of carbonyl (C=O) groups excluding carboxylic acids is 3. The van der Waals surface area contributed by atoms with Gasteiger partial charge in [0.25, 0.3) is 0 Å². The lowest BCUT2D eigenvalue weighted by molar-refractivity contribution is -0.167. The van der Waals surface area contributed by atoms with Crippen molar-refractivity contribution in [3.8, 4) is 0 Å². The first-order valence-electron chi connectivity index (χ1n) is 34.1. The van der Waals surface area contributed by atoms with Crippen molar-refractivity contribution in [2.24, 2.45) is 0 Å². The number of esters is 3. The lowest BCUT2D eigenvalue weighted by Crippen LogP contribution is -2.30. The first-order valence-corrected chi connectivity index (χ1v) is 34.1. The van der Waals surface area contributed by atoms with Gasteiger partial charge in [0.2, 0.25) is 0 Å². The van der Waals surface area contributed by atoms with Crippen molar-refractivity contribution in [3.05, 3.63) is 48.6 Å². The van der Waals surface area contributed by atoms with Crippen LogP contribution >= 0.6 is 0 Å². The summed E-state index contributed by atoms with van der Waals surface area (Å²) in [4.78, 5) is 38.1. The molecule has 0 aliphatic carbocycles. The van der Waals surface area contributed by atoms with Crippen LogP contribution in [0.3, 0.4) is 0 Å². The molecule has 0 N–H and O–H groups in total. The summed E-state index contributed by atoms with van der Waals surface area (Å²) >= 11 is 0. The van der Waals surface area contributed by atoms with Gasteiger partial charge in [-0.25, -0.2) is 0 Å². The molecule has 0 amide bonds. The van der Waals surface area contributed by atoms with Gasteiger partial charge in [-0.3, -0.25) is 14.4 Å². The molecule has 0 fully saturated rings. The van der Waals surface area contributed by atoms with Gasteiger partial charge in [-0.15, -0.1) is 0 Å². The molecule has 0 saturated carbocycles. The average Bonchev–Trinajstić information content (AvgIpc) is 3.43. The van der Waals surface area contributed by atoms with Crippen molar-refractivity contribution in [1.29, 1.82) is 0 Å². The molecule has 0 heterocycles. The number of carbonyl (C=O) groups is 3. The van der Waals surface area contributed by atoms with Gasteiger partial charge < -0.3 is 14.2 Å². The highest BCUT2D eigenvalue weighted by Gasteiger charge is 2.19. The van der Waals surface area contributed by atoms with E-state index in [1.165, 1.54) is 257 Å². The second-order valence-electron chi connectivity index (χ2n) is 23.1. The Balaban J connectivity index is 4.07. The lowest BCUT2D eigenvalue weighted by Gasteiger charge is -2.18. The highest BCUT2D eigenvalue weighted by atomic mass is 16.6. The van der Waals surface area contributed by atoms with E-state index in [0.717, 1.165) is 70.6 Å². The van der Waals surface area contributed by atoms with Gasteiger partial charge in [-0.1, -0.05) is 313 Å². The molecular weight excluding hydrogens is 949 g/mol. The predicted octanol–water partition coefficient (Wildman–Crippen LogP) is 23.3. The van der Waals surface area contributed by atoms with E-state index in [2.05, 4.69) is 69.4 Å². The summed E-state index contributed by atoms with van der Waals surface area (Å²) in [6, 6.07) is 0. The van der Waals surface area contributed by atoms with Crippen LogP contribution in [-0.4, -0.2) is 37.2 Å². The Morgan fingerprint density at radius 3 is 0.740 bits per heavy atom. The number of hydrogen-bond donors (Lipinski definition) is 0. The van der Waals surface area contributed by atoms with Crippen molar-refractivity contribution < 1.29 is 28.6 Å². The van der Waals surface area contributed by atoms with E-state index in [0.29, 0.717) is 19.3 Å². The molecule has 6 nitrogen and oxygen atoms in total. The normalized spacial score (nSPS) is 12.3. The zero-order valence-corrected chi connectivity index (χ0v) is 51.7. The first kappa shape index (κ1) is 74.4. The minimum Gasteiger partial charge on any atom is -0.462 e. The van der Waals surface area contributed by atoms with E-state index < -0.39 is 6.10 Å². The molecule has 0 bridgehead atoms. The molecule has 0 aromatic rings. The quantitative estimate of drug-likeness (QED) is 0.0261. The average molecular weight is 1080 g/mol. The number of rotatable bonds is 63. The molecule has 77 heavy (non-hydrogen) atoms. The lowest BCUT2D eigenvalue weighted by atomic mass is 10.0. The summed E-state index contributed by atoms with van der Waals surface area (Å²) in [5.74, 6) is -0.858. The Morgan fingerprint density at radius 2 is 0.468 bits per heavy atom. The molecule has 0 spiro atoms. The van der Waals surface area contributed by atoms with Crippen molar-refractivity contribution in [2.75, 3.05) is 13.2 Å². The van der Waals surface area contributed by atoms with Crippen LogP contribution in [0.2, 0.25) is 0 Å². The smallest absolute Gasteiger partial charge is 0.306 e. The maximum Gasteiger partial charge on any atom is 0.306 e. The molecule has 0 rings (SSSR count). The van der Waals surface area contributed by atoms with Gasteiger partial charge in [0.1, 0.15) is 13.2 Å². The summed E-state index contributed by atoms with van der Waals surface area (Å²) in [5.41, 5.74) is 0. The summed E-state index contributed by atoms with van der Waals surface area (Å²) in [7, 11) is 0. The van der Waals surface area contributed by atoms with Crippen LogP contribution in [0.4, 0.5) is 0 Å². The zero-order chi connectivity index (χ0) is 55.7. The molecule has 0 aromatic carbocycles. The number of allylic oxidation sites excluding steroid dienone is 8. The summed E-state index contributed by atoms with van der Waals surface area (Å²) in [5, 5.41) is 0. The first-order chi connectivity index (χ1) is 38.0. The van der Waals surface area contributed by atoms with Gasteiger partial charge in [0, 0.05) is 19.3 Å². The largest absolute Gasteiger partial charge is 0.462 e. The molecule has 0 aliphatic rings. The Labute approximate surface area is 479 Å². The Morgan fingerprint density at radius 1 is 0.260 bits per heavy atom. The Hall–Kier alpha value is -2.63. The maximum absolute atomic E-state index is 12.9. The third-order valence-corrected chi connectivity index (χ3v) is 15.3.